The molecule has 0 aliphatic rings. The number of carbonyl (C=O) groups excluding carboxylic acids is 2. The number of esters is 1. The molecule has 1 aromatic heterocycles. The number of halogens is 1. The van der Waals surface area contributed by atoms with Crippen molar-refractivity contribution in [1.29, 1.82) is 0 Å². The Balaban J connectivity index is 2.87. The first-order valence-electron chi connectivity index (χ1n) is 6.63. The van der Waals surface area contributed by atoms with Crippen molar-refractivity contribution in [1.82, 2.24) is 9.88 Å². The van der Waals surface area contributed by atoms with Crippen LogP contribution in [0.4, 0.5) is 0 Å². The lowest BCUT2D eigenvalue weighted by atomic mass is 10.0. The van der Waals surface area contributed by atoms with Crippen LogP contribution >= 0.6 is 11.6 Å². The fourth-order valence-electron chi connectivity index (χ4n) is 1.99. The predicted octanol–water partition coefficient (Wildman–Crippen LogP) is 2.48. The van der Waals surface area contributed by atoms with Gasteiger partial charge in [0.2, 0.25) is 0 Å². The van der Waals surface area contributed by atoms with Gasteiger partial charge in [-0.15, -0.1) is 0 Å². The van der Waals surface area contributed by atoms with Crippen molar-refractivity contribution in [2.45, 2.75) is 39.8 Å². The highest BCUT2D eigenvalue weighted by Crippen LogP contribution is 2.15. The maximum absolute atomic E-state index is 12.3. The van der Waals surface area contributed by atoms with Crippen molar-refractivity contribution < 1.29 is 14.3 Å². The topological polar surface area (TPSA) is 60.3 Å². The fraction of sp³-hybridized carbons (Fsp3) is 0.571. The summed E-state index contributed by atoms with van der Waals surface area (Å²) in [5.41, 5.74) is 0.440. The maximum Gasteiger partial charge on any atom is 0.328 e. The first kappa shape index (κ1) is 16.6. The highest BCUT2D eigenvalue weighted by atomic mass is 35.5. The molecule has 0 aromatic carbocycles. The Morgan fingerprint density at radius 3 is 2.60 bits per heavy atom. The average molecular weight is 301 g/mol. The van der Waals surface area contributed by atoms with Gasteiger partial charge in [-0.2, -0.15) is 0 Å². The molecule has 0 saturated heterocycles. The number of rotatable bonds is 6. The molecule has 112 valence electrons. The van der Waals surface area contributed by atoms with E-state index >= 15 is 0 Å². The van der Waals surface area contributed by atoms with Crippen LogP contribution in [-0.2, 0) is 16.1 Å². The zero-order valence-corrected chi connectivity index (χ0v) is 13.0. The smallest absolute Gasteiger partial charge is 0.328 e. The molecule has 1 atom stereocenters. The van der Waals surface area contributed by atoms with Crippen LogP contribution in [0.25, 0.3) is 0 Å². The largest absolute Gasteiger partial charge is 0.467 e. The second-order valence-electron chi connectivity index (χ2n) is 5.01. The van der Waals surface area contributed by atoms with Gasteiger partial charge in [0, 0.05) is 12.7 Å². The third-order valence-electron chi connectivity index (χ3n) is 2.93. The lowest BCUT2D eigenvalue weighted by molar-refractivity contribution is -0.143. The van der Waals surface area contributed by atoms with E-state index in [9.17, 15) is 9.59 Å². The average Bonchev–Trinajstić information content (AvgIpc) is 2.77. The first-order chi connectivity index (χ1) is 9.38. The van der Waals surface area contributed by atoms with E-state index in [2.05, 4.69) is 5.32 Å². The number of nitrogens with one attached hydrogen (secondary N) is 1. The van der Waals surface area contributed by atoms with Crippen LogP contribution in [0.15, 0.2) is 12.3 Å². The summed E-state index contributed by atoms with van der Waals surface area (Å²) in [6.45, 7) is 6.50. The Labute approximate surface area is 124 Å². The number of nitrogens with zero attached hydrogens (tertiary/aromatic N) is 1. The van der Waals surface area contributed by atoms with Crippen LogP contribution in [0.2, 0.25) is 5.02 Å². The van der Waals surface area contributed by atoms with Crippen molar-refractivity contribution in [2.75, 3.05) is 7.11 Å². The van der Waals surface area contributed by atoms with Crippen LogP contribution in [0, 0.1) is 5.92 Å². The fourth-order valence-corrected chi connectivity index (χ4v) is 2.21. The molecule has 0 aliphatic heterocycles. The molecule has 0 spiro atoms. The number of hydrogen-bond acceptors (Lipinski definition) is 3. The maximum atomic E-state index is 12.3. The molecule has 1 heterocycles. The molecule has 20 heavy (non-hydrogen) atoms. The van der Waals surface area contributed by atoms with Crippen LogP contribution < -0.4 is 5.32 Å². The Morgan fingerprint density at radius 2 is 2.10 bits per heavy atom. The molecule has 1 rings (SSSR count). The van der Waals surface area contributed by atoms with Crippen LogP contribution in [0.3, 0.4) is 0 Å². The molecule has 0 radical (unpaired) electrons. The Morgan fingerprint density at radius 1 is 1.45 bits per heavy atom. The van der Waals surface area contributed by atoms with E-state index in [1.165, 1.54) is 7.11 Å². The van der Waals surface area contributed by atoms with E-state index in [-0.39, 0.29) is 11.8 Å². The van der Waals surface area contributed by atoms with Gasteiger partial charge in [-0.1, -0.05) is 25.4 Å². The Hall–Kier alpha value is -1.49. The normalized spacial score (nSPS) is 12.3. The number of aromatic nitrogens is 1. The summed E-state index contributed by atoms with van der Waals surface area (Å²) < 4.78 is 6.46. The van der Waals surface area contributed by atoms with Gasteiger partial charge in [-0.05, 0) is 25.3 Å². The summed E-state index contributed by atoms with van der Waals surface area (Å²) in [7, 11) is 1.31. The second kappa shape index (κ2) is 7.33. The number of methoxy groups -OCH3 is 1. The zero-order valence-electron chi connectivity index (χ0n) is 12.3. The highest BCUT2D eigenvalue weighted by molar-refractivity contribution is 6.31. The highest BCUT2D eigenvalue weighted by Gasteiger charge is 2.24. The van der Waals surface area contributed by atoms with Gasteiger partial charge in [0.1, 0.15) is 11.7 Å². The van der Waals surface area contributed by atoms with Gasteiger partial charge in [0.05, 0.1) is 12.1 Å². The molecule has 1 N–H and O–H groups in total. The molecule has 0 saturated carbocycles. The standard InChI is InChI=1S/C14H21ClN2O3/c1-5-17-8-10(15)7-12(17)13(18)16-11(6-9(2)3)14(19)20-4/h7-9,11H,5-6H2,1-4H3,(H,16,18). The van der Waals surface area contributed by atoms with E-state index in [4.69, 9.17) is 16.3 Å². The predicted molar refractivity (Wildman–Crippen MR) is 77.8 cm³/mol. The number of amides is 1. The summed E-state index contributed by atoms with van der Waals surface area (Å²) in [5.74, 6) is -0.497. The molecule has 1 amide bonds. The monoisotopic (exact) mass is 300 g/mol. The summed E-state index contributed by atoms with van der Waals surface area (Å²) in [5, 5.41) is 3.21. The third-order valence-corrected chi connectivity index (χ3v) is 3.14. The molecule has 0 fully saturated rings. The first-order valence-corrected chi connectivity index (χ1v) is 7.01. The second-order valence-corrected chi connectivity index (χ2v) is 5.44. The molecular weight excluding hydrogens is 280 g/mol. The summed E-state index contributed by atoms with van der Waals surface area (Å²) in [4.78, 5) is 24.0. The van der Waals surface area contributed by atoms with Crippen LogP contribution in [0.1, 0.15) is 37.7 Å². The zero-order chi connectivity index (χ0) is 15.3. The quantitative estimate of drug-likeness (QED) is 0.821. The number of hydrogen-bond donors (Lipinski definition) is 1. The molecule has 5 nitrogen and oxygen atoms in total. The van der Waals surface area contributed by atoms with Gasteiger partial charge in [0.15, 0.2) is 0 Å². The van der Waals surface area contributed by atoms with Crippen molar-refractivity contribution in [2.24, 2.45) is 5.92 Å². The van der Waals surface area contributed by atoms with E-state index < -0.39 is 12.0 Å². The van der Waals surface area contributed by atoms with E-state index in [0.29, 0.717) is 23.7 Å². The number of carbonyl (C=O) groups is 2. The van der Waals surface area contributed by atoms with Crippen molar-refractivity contribution in [3.63, 3.8) is 0 Å². The van der Waals surface area contributed by atoms with Crippen molar-refractivity contribution >= 4 is 23.5 Å². The van der Waals surface area contributed by atoms with Crippen molar-refractivity contribution in [3.8, 4) is 0 Å². The van der Waals surface area contributed by atoms with Gasteiger partial charge in [0.25, 0.3) is 5.91 Å². The van der Waals surface area contributed by atoms with Gasteiger partial charge >= 0.3 is 5.97 Å². The van der Waals surface area contributed by atoms with E-state index in [1.54, 1.807) is 16.8 Å². The minimum Gasteiger partial charge on any atom is -0.467 e. The Kier molecular flexibility index (Phi) is 6.07. The van der Waals surface area contributed by atoms with Crippen molar-refractivity contribution in [3.05, 3.63) is 23.0 Å². The molecule has 0 aliphatic carbocycles. The minimum absolute atomic E-state index is 0.265. The lowest BCUT2D eigenvalue weighted by Crippen LogP contribution is -2.43. The van der Waals surface area contributed by atoms with Crippen LogP contribution in [0.5, 0.6) is 0 Å². The molecule has 0 bridgehead atoms. The van der Waals surface area contributed by atoms with E-state index in [1.807, 2.05) is 20.8 Å². The van der Waals surface area contributed by atoms with Gasteiger partial charge in [-0.3, -0.25) is 4.79 Å². The summed E-state index contributed by atoms with van der Waals surface area (Å²) in [6, 6.07) is 0.941. The van der Waals surface area contributed by atoms with Crippen LogP contribution in [-0.4, -0.2) is 29.6 Å². The molecular formula is C14H21ClN2O3. The minimum atomic E-state index is -0.647. The number of aryl methyl sites for hydroxylation is 1. The Bertz CT molecular complexity index is 483. The third kappa shape index (κ3) is 4.27. The molecule has 1 aromatic rings. The number of ether oxygens (including phenoxy) is 1. The van der Waals surface area contributed by atoms with E-state index in [0.717, 1.165) is 0 Å². The summed E-state index contributed by atoms with van der Waals surface area (Å²) in [6.07, 6.45) is 2.21. The lowest BCUT2D eigenvalue weighted by Gasteiger charge is -2.18. The summed E-state index contributed by atoms with van der Waals surface area (Å²) >= 11 is 5.91. The molecule has 6 heteroatoms. The van der Waals surface area contributed by atoms with Gasteiger partial charge < -0.3 is 14.6 Å². The SMILES string of the molecule is CCn1cc(Cl)cc1C(=O)NC(CC(C)C)C(=O)OC. The van der Waals surface area contributed by atoms with Gasteiger partial charge in [-0.25, -0.2) is 4.79 Å². The molecule has 1 unspecified atom stereocenters.